The van der Waals surface area contributed by atoms with Gasteiger partial charge in [0.15, 0.2) is 0 Å². The summed E-state index contributed by atoms with van der Waals surface area (Å²) in [7, 11) is 0. The van der Waals surface area contributed by atoms with E-state index in [0.29, 0.717) is 5.92 Å². The number of piperidine rings is 1. The first-order valence-electron chi connectivity index (χ1n) is 12.8. The molecule has 0 aliphatic carbocycles. The Hall–Kier alpha value is -2.53. The Morgan fingerprint density at radius 2 is 1.62 bits per heavy atom. The Morgan fingerprint density at radius 1 is 0.941 bits per heavy atom. The lowest BCUT2D eigenvalue weighted by Gasteiger charge is -2.39. The zero-order valence-corrected chi connectivity index (χ0v) is 21.3. The molecule has 0 N–H and O–H groups in total. The summed E-state index contributed by atoms with van der Waals surface area (Å²) in [6, 6.07) is 16.0. The Morgan fingerprint density at radius 3 is 2.29 bits per heavy atom. The molecule has 0 radical (unpaired) electrons. The van der Waals surface area contributed by atoms with Gasteiger partial charge in [0, 0.05) is 30.8 Å². The lowest BCUT2D eigenvalue weighted by atomic mass is 9.77. The topological polar surface area (TPSA) is 42.0 Å². The van der Waals surface area contributed by atoms with Crippen LogP contribution in [0.1, 0.15) is 62.9 Å². The second-order valence-electron chi connectivity index (χ2n) is 10.8. The Labute approximate surface area is 205 Å². The van der Waals surface area contributed by atoms with Crippen molar-refractivity contribution in [2.45, 2.75) is 59.6 Å². The average molecular weight is 465 g/mol. The number of carbonyl (C=O) groups excluding carboxylic acids is 1. The van der Waals surface area contributed by atoms with Crippen molar-refractivity contribution in [1.29, 1.82) is 0 Å². The maximum atomic E-state index is 13.1. The normalized spacial score (nSPS) is 18.1. The highest BCUT2D eigenvalue weighted by Gasteiger charge is 2.42. The molecule has 2 aliphatic rings. The van der Waals surface area contributed by atoms with E-state index in [9.17, 15) is 4.79 Å². The molecule has 0 atom stereocenters. The fourth-order valence-electron chi connectivity index (χ4n) is 5.11. The molecule has 0 aromatic heterocycles. The van der Waals surface area contributed by atoms with E-state index in [4.69, 9.17) is 9.47 Å². The molecule has 2 aromatic carbocycles. The third-order valence-corrected chi connectivity index (χ3v) is 7.05. The molecule has 2 heterocycles. The minimum Gasteiger partial charge on any atom is -0.493 e. The lowest BCUT2D eigenvalue weighted by molar-refractivity contribution is 0.0712. The maximum absolute atomic E-state index is 13.1. The van der Waals surface area contributed by atoms with E-state index in [1.165, 1.54) is 5.56 Å². The number of nitrogens with zero attached hydrogens (tertiary/aromatic N) is 2. The highest BCUT2D eigenvalue weighted by Crippen LogP contribution is 2.41. The molecule has 2 aromatic rings. The van der Waals surface area contributed by atoms with Gasteiger partial charge in [-0.25, -0.2) is 0 Å². The van der Waals surface area contributed by atoms with E-state index in [1.807, 2.05) is 38.1 Å². The van der Waals surface area contributed by atoms with Gasteiger partial charge in [0.1, 0.15) is 11.5 Å². The summed E-state index contributed by atoms with van der Waals surface area (Å²) in [5, 5.41) is 0. The van der Waals surface area contributed by atoms with Crippen LogP contribution in [0.3, 0.4) is 0 Å². The van der Waals surface area contributed by atoms with Crippen LogP contribution in [0.15, 0.2) is 48.5 Å². The van der Waals surface area contributed by atoms with Crippen molar-refractivity contribution >= 4 is 5.91 Å². The van der Waals surface area contributed by atoms with Crippen molar-refractivity contribution < 1.29 is 14.3 Å². The first-order chi connectivity index (χ1) is 16.3. The average Bonchev–Trinajstić information content (AvgIpc) is 3.23. The molecule has 184 valence electrons. The molecule has 1 spiro atoms. The van der Waals surface area contributed by atoms with Crippen LogP contribution in [-0.2, 0) is 6.54 Å². The van der Waals surface area contributed by atoms with Gasteiger partial charge < -0.3 is 14.4 Å². The number of likely N-dealkylation sites (tertiary alicyclic amines) is 2. The summed E-state index contributed by atoms with van der Waals surface area (Å²) < 4.78 is 11.8. The van der Waals surface area contributed by atoms with Gasteiger partial charge in [-0.05, 0) is 87.9 Å². The highest BCUT2D eigenvalue weighted by molar-refractivity contribution is 5.94. The van der Waals surface area contributed by atoms with Crippen LogP contribution in [-0.4, -0.2) is 54.6 Å². The summed E-state index contributed by atoms with van der Waals surface area (Å²) in [5.41, 5.74) is 2.29. The minimum atomic E-state index is 0.131. The molecule has 0 bridgehead atoms. The number of amides is 1. The summed E-state index contributed by atoms with van der Waals surface area (Å²) in [6.45, 7) is 13.9. The largest absolute Gasteiger partial charge is 0.493 e. The summed E-state index contributed by atoms with van der Waals surface area (Å²) in [4.78, 5) is 17.7. The molecule has 4 rings (SSSR count). The van der Waals surface area contributed by atoms with Crippen LogP contribution in [0.25, 0.3) is 0 Å². The highest BCUT2D eigenvalue weighted by atomic mass is 16.5. The second-order valence-corrected chi connectivity index (χ2v) is 10.8. The second kappa shape index (κ2) is 10.8. The first-order valence-corrected chi connectivity index (χ1v) is 12.8. The molecule has 1 amide bonds. The summed E-state index contributed by atoms with van der Waals surface area (Å²) in [6.07, 6.45) is 3.53. The van der Waals surface area contributed by atoms with Gasteiger partial charge in [0.05, 0.1) is 12.7 Å². The molecule has 5 heteroatoms. The van der Waals surface area contributed by atoms with Crippen LogP contribution < -0.4 is 9.47 Å². The van der Waals surface area contributed by atoms with E-state index in [1.54, 1.807) is 0 Å². The number of rotatable bonds is 8. The van der Waals surface area contributed by atoms with E-state index in [-0.39, 0.29) is 17.4 Å². The number of benzene rings is 2. The standard InChI is InChI=1S/C29H40N2O3/c1-22(2)20-33-27-8-6-5-7-25(27)19-30-16-13-29(14-17-30)15-18-31(21-29)28(32)24-9-11-26(12-10-24)34-23(3)4/h5-12,22-23H,13-21H2,1-4H3. The van der Waals surface area contributed by atoms with Crippen molar-refractivity contribution in [2.24, 2.45) is 11.3 Å². The van der Waals surface area contributed by atoms with Crippen LogP contribution in [0.2, 0.25) is 0 Å². The SMILES string of the molecule is CC(C)COc1ccccc1CN1CCC2(CC1)CCN(C(=O)c1ccc(OC(C)C)cc1)C2. The van der Waals surface area contributed by atoms with Crippen LogP contribution >= 0.6 is 0 Å². The number of ether oxygens (including phenoxy) is 2. The number of hydrogen-bond donors (Lipinski definition) is 0. The molecule has 34 heavy (non-hydrogen) atoms. The fraction of sp³-hybridized carbons (Fsp3) is 0.552. The van der Waals surface area contributed by atoms with Gasteiger partial charge in [0.25, 0.3) is 5.91 Å². The van der Waals surface area contributed by atoms with E-state index < -0.39 is 0 Å². The number of para-hydroxylation sites is 1. The minimum absolute atomic E-state index is 0.131. The monoisotopic (exact) mass is 464 g/mol. The number of carbonyl (C=O) groups is 1. The van der Waals surface area contributed by atoms with Gasteiger partial charge in [0.2, 0.25) is 0 Å². The van der Waals surface area contributed by atoms with Gasteiger partial charge in [-0.3, -0.25) is 9.69 Å². The van der Waals surface area contributed by atoms with Crippen molar-refractivity contribution in [2.75, 3.05) is 32.8 Å². The van der Waals surface area contributed by atoms with Crippen LogP contribution in [0.5, 0.6) is 11.5 Å². The molecule has 0 saturated carbocycles. The molecule has 2 fully saturated rings. The van der Waals surface area contributed by atoms with Crippen LogP contribution in [0.4, 0.5) is 0 Å². The van der Waals surface area contributed by atoms with Gasteiger partial charge in [-0.15, -0.1) is 0 Å². The molecule has 2 aliphatic heterocycles. The molecule has 0 unspecified atom stereocenters. The van der Waals surface area contributed by atoms with Crippen molar-refractivity contribution in [3.63, 3.8) is 0 Å². The molecular weight excluding hydrogens is 424 g/mol. The van der Waals surface area contributed by atoms with E-state index in [2.05, 4.69) is 47.9 Å². The van der Waals surface area contributed by atoms with Crippen molar-refractivity contribution in [1.82, 2.24) is 9.80 Å². The van der Waals surface area contributed by atoms with E-state index in [0.717, 1.165) is 75.7 Å². The van der Waals surface area contributed by atoms with E-state index >= 15 is 0 Å². The Balaban J connectivity index is 1.30. The fourth-order valence-corrected chi connectivity index (χ4v) is 5.11. The number of hydrogen-bond acceptors (Lipinski definition) is 4. The maximum Gasteiger partial charge on any atom is 0.253 e. The third-order valence-electron chi connectivity index (χ3n) is 7.05. The van der Waals surface area contributed by atoms with Gasteiger partial charge in [-0.1, -0.05) is 32.0 Å². The van der Waals surface area contributed by atoms with Crippen molar-refractivity contribution in [3.05, 3.63) is 59.7 Å². The Bertz CT molecular complexity index is 946. The zero-order chi connectivity index (χ0) is 24.1. The smallest absolute Gasteiger partial charge is 0.253 e. The summed E-state index contributed by atoms with van der Waals surface area (Å²) >= 11 is 0. The molecule has 2 saturated heterocycles. The third kappa shape index (κ3) is 6.12. The first kappa shape index (κ1) is 24.6. The quantitative estimate of drug-likeness (QED) is 0.507. The Kier molecular flexibility index (Phi) is 7.82. The van der Waals surface area contributed by atoms with Gasteiger partial charge in [-0.2, -0.15) is 0 Å². The molecular formula is C29H40N2O3. The predicted octanol–water partition coefficient (Wildman–Crippen LogP) is 5.64. The summed E-state index contributed by atoms with van der Waals surface area (Å²) in [5.74, 6) is 2.49. The molecule has 5 nitrogen and oxygen atoms in total. The van der Waals surface area contributed by atoms with Crippen molar-refractivity contribution in [3.8, 4) is 11.5 Å². The van der Waals surface area contributed by atoms with Crippen LogP contribution in [0, 0.1) is 11.3 Å². The lowest BCUT2D eigenvalue weighted by Crippen LogP contribution is -2.42. The van der Waals surface area contributed by atoms with Gasteiger partial charge >= 0.3 is 0 Å². The zero-order valence-electron chi connectivity index (χ0n) is 21.3. The predicted molar refractivity (Wildman–Crippen MR) is 136 cm³/mol.